The maximum absolute atomic E-state index is 12.8. The van der Waals surface area contributed by atoms with Crippen molar-refractivity contribution in [3.63, 3.8) is 0 Å². The van der Waals surface area contributed by atoms with Crippen molar-refractivity contribution in [1.29, 1.82) is 0 Å². The number of rotatable bonds is 9. The van der Waals surface area contributed by atoms with Gasteiger partial charge in [-0.1, -0.05) is 40.7 Å². The fraction of sp³-hybridized carbons (Fsp3) is 0.810. The van der Waals surface area contributed by atoms with Crippen molar-refractivity contribution in [3.05, 3.63) is 12.7 Å². The lowest BCUT2D eigenvalue weighted by Crippen LogP contribution is -2.52. The molecule has 0 fully saturated rings. The Kier molecular flexibility index (Phi) is 7.81. The van der Waals surface area contributed by atoms with Crippen LogP contribution in [0.15, 0.2) is 12.7 Å². The van der Waals surface area contributed by atoms with Gasteiger partial charge in [0.05, 0.1) is 16.6 Å². The highest BCUT2D eigenvalue weighted by Gasteiger charge is 2.46. The van der Waals surface area contributed by atoms with E-state index < -0.39 is 22.5 Å². The number of ketones is 2. The minimum absolute atomic E-state index is 0.00895. The maximum atomic E-state index is 12.8. The molecule has 0 aromatic rings. The van der Waals surface area contributed by atoms with Gasteiger partial charge in [0.25, 0.3) is 0 Å². The largest absolute Gasteiger partial charge is 0.368 e. The third-order valence-corrected chi connectivity index (χ3v) is 4.69. The molecular formula is C21H38O4. The second-order valence-corrected chi connectivity index (χ2v) is 9.70. The van der Waals surface area contributed by atoms with E-state index in [1.807, 2.05) is 69.2 Å². The van der Waals surface area contributed by atoms with E-state index in [-0.39, 0.29) is 23.8 Å². The minimum Gasteiger partial charge on any atom is -0.368 e. The van der Waals surface area contributed by atoms with Gasteiger partial charge < -0.3 is 9.47 Å². The molecule has 0 aliphatic rings. The van der Waals surface area contributed by atoms with E-state index in [4.69, 9.17) is 9.47 Å². The zero-order chi connectivity index (χ0) is 20.3. The fourth-order valence-corrected chi connectivity index (χ4v) is 2.14. The summed E-state index contributed by atoms with van der Waals surface area (Å²) in [4.78, 5) is 25.5. The first-order chi connectivity index (χ1) is 11.0. The van der Waals surface area contributed by atoms with E-state index in [0.29, 0.717) is 6.42 Å². The van der Waals surface area contributed by atoms with Crippen LogP contribution in [0, 0.1) is 10.8 Å². The lowest BCUT2D eigenvalue weighted by atomic mass is 9.73. The number of hydrogen-bond donors (Lipinski definition) is 0. The normalized spacial score (nSPS) is 15.0. The van der Waals surface area contributed by atoms with E-state index in [1.165, 1.54) is 0 Å². The summed E-state index contributed by atoms with van der Waals surface area (Å²) in [6, 6.07) is 0. The molecule has 0 aromatic heterocycles. The van der Waals surface area contributed by atoms with Crippen molar-refractivity contribution < 1.29 is 19.1 Å². The summed E-state index contributed by atoms with van der Waals surface area (Å²) in [7, 11) is 0. The van der Waals surface area contributed by atoms with Crippen LogP contribution < -0.4 is 0 Å². The number of hydrogen-bond acceptors (Lipinski definition) is 4. The fourth-order valence-electron chi connectivity index (χ4n) is 2.14. The molecule has 0 N–H and O–H groups in total. The van der Waals surface area contributed by atoms with Crippen LogP contribution >= 0.6 is 0 Å². The molecule has 0 bridgehead atoms. The van der Waals surface area contributed by atoms with Gasteiger partial charge in [-0.25, -0.2) is 0 Å². The Morgan fingerprint density at radius 2 is 1.44 bits per heavy atom. The number of carbonyl (C=O) groups excluding carboxylic acids is 2. The molecule has 0 rings (SSSR count). The van der Waals surface area contributed by atoms with Crippen molar-refractivity contribution in [2.45, 2.75) is 93.0 Å². The molecule has 0 spiro atoms. The SMILES string of the molecule is C=CCC(OC(C)(C)C(C)(C)C(=O)COC(C)(C)C)C(=O)C(C)(C)C. The second kappa shape index (κ2) is 8.13. The summed E-state index contributed by atoms with van der Waals surface area (Å²) in [6.45, 7) is 22.5. The van der Waals surface area contributed by atoms with Crippen molar-refractivity contribution in [2.24, 2.45) is 10.8 Å². The number of ether oxygens (including phenoxy) is 2. The summed E-state index contributed by atoms with van der Waals surface area (Å²) in [5.74, 6) is -0.0392. The van der Waals surface area contributed by atoms with E-state index in [0.717, 1.165) is 0 Å². The monoisotopic (exact) mass is 354 g/mol. The average molecular weight is 355 g/mol. The molecule has 0 aromatic carbocycles. The van der Waals surface area contributed by atoms with E-state index >= 15 is 0 Å². The molecule has 0 heterocycles. The molecule has 1 unspecified atom stereocenters. The van der Waals surface area contributed by atoms with Gasteiger partial charge in [0.2, 0.25) is 0 Å². The molecule has 0 saturated carbocycles. The predicted molar refractivity (Wildman–Crippen MR) is 103 cm³/mol. The maximum Gasteiger partial charge on any atom is 0.167 e. The minimum atomic E-state index is -0.833. The van der Waals surface area contributed by atoms with E-state index in [2.05, 4.69) is 6.58 Å². The first-order valence-electron chi connectivity index (χ1n) is 8.96. The first-order valence-corrected chi connectivity index (χ1v) is 8.96. The van der Waals surface area contributed by atoms with Crippen LogP contribution in [0.3, 0.4) is 0 Å². The Balaban J connectivity index is 5.37. The van der Waals surface area contributed by atoms with Crippen LogP contribution in [0.2, 0.25) is 0 Å². The van der Waals surface area contributed by atoms with Gasteiger partial charge in [-0.3, -0.25) is 9.59 Å². The Hall–Kier alpha value is -1.00. The number of Topliss-reactive ketones (excluding diaryl/α,β-unsaturated/α-hetero) is 2. The van der Waals surface area contributed by atoms with E-state index in [9.17, 15) is 9.59 Å². The molecule has 0 aliphatic heterocycles. The van der Waals surface area contributed by atoms with Gasteiger partial charge in [0.1, 0.15) is 12.7 Å². The zero-order valence-corrected chi connectivity index (χ0v) is 17.9. The molecular weight excluding hydrogens is 316 g/mol. The van der Waals surface area contributed by atoms with Gasteiger partial charge in [0.15, 0.2) is 11.6 Å². The molecule has 0 radical (unpaired) electrons. The standard InChI is InChI=1S/C21H38O4/c1-12-13-15(17(23)18(2,3)4)25-21(10,11)20(8,9)16(22)14-24-19(5,6)7/h12,15H,1,13-14H2,2-11H3. The summed E-state index contributed by atoms with van der Waals surface area (Å²) in [5.41, 5.74) is -2.55. The lowest BCUT2D eigenvalue weighted by molar-refractivity contribution is -0.175. The highest BCUT2D eigenvalue weighted by atomic mass is 16.5. The van der Waals surface area contributed by atoms with Crippen molar-refractivity contribution in [1.82, 2.24) is 0 Å². The van der Waals surface area contributed by atoms with Crippen LogP contribution in [-0.2, 0) is 19.1 Å². The molecule has 4 nitrogen and oxygen atoms in total. The van der Waals surface area contributed by atoms with Gasteiger partial charge in [-0.2, -0.15) is 0 Å². The topological polar surface area (TPSA) is 52.6 Å². The van der Waals surface area contributed by atoms with Crippen LogP contribution in [0.1, 0.15) is 75.7 Å². The molecule has 25 heavy (non-hydrogen) atoms. The Morgan fingerprint density at radius 3 is 1.80 bits per heavy atom. The van der Waals surface area contributed by atoms with Gasteiger partial charge >= 0.3 is 0 Å². The first kappa shape index (κ1) is 24.0. The van der Waals surface area contributed by atoms with Crippen molar-refractivity contribution in [2.75, 3.05) is 6.61 Å². The van der Waals surface area contributed by atoms with Crippen LogP contribution in [-0.4, -0.2) is 35.5 Å². The van der Waals surface area contributed by atoms with Crippen LogP contribution in [0.25, 0.3) is 0 Å². The zero-order valence-electron chi connectivity index (χ0n) is 17.9. The van der Waals surface area contributed by atoms with Gasteiger partial charge in [-0.15, -0.1) is 6.58 Å². The van der Waals surface area contributed by atoms with E-state index in [1.54, 1.807) is 6.08 Å². The Labute approximate surface area is 154 Å². The summed E-state index contributed by atoms with van der Waals surface area (Å²) < 4.78 is 11.8. The average Bonchev–Trinajstić information content (AvgIpc) is 2.41. The third kappa shape index (κ3) is 7.02. The third-order valence-electron chi connectivity index (χ3n) is 4.69. The van der Waals surface area contributed by atoms with Gasteiger partial charge in [-0.05, 0) is 41.0 Å². The molecule has 0 aliphatic carbocycles. The highest BCUT2D eigenvalue weighted by molar-refractivity contribution is 5.89. The molecule has 0 amide bonds. The van der Waals surface area contributed by atoms with Crippen molar-refractivity contribution >= 4 is 11.6 Å². The summed E-state index contributed by atoms with van der Waals surface area (Å²) in [5, 5.41) is 0. The van der Waals surface area contributed by atoms with Gasteiger partial charge in [0, 0.05) is 5.41 Å². The molecule has 146 valence electrons. The quantitative estimate of drug-likeness (QED) is 0.561. The molecule has 0 saturated heterocycles. The Morgan fingerprint density at radius 1 is 0.960 bits per heavy atom. The summed E-state index contributed by atoms with van der Waals surface area (Å²) >= 11 is 0. The number of carbonyl (C=O) groups is 2. The molecule has 1 atom stereocenters. The summed E-state index contributed by atoms with van der Waals surface area (Å²) in [6.07, 6.45) is 1.48. The highest BCUT2D eigenvalue weighted by Crippen LogP contribution is 2.37. The molecule has 4 heteroatoms. The lowest BCUT2D eigenvalue weighted by Gasteiger charge is -2.43. The predicted octanol–water partition coefficient (Wildman–Crippen LogP) is 4.75. The van der Waals surface area contributed by atoms with Crippen LogP contribution in [0.4, 0.5) is 0 Å². The smallest absolute Gasteiger partial charge is 0.167 e. The van der Waals surface area contributed by atoms with Crippen molar-refractivity contribution in [3.8, 4) is 0 Å². The van der Waals surface area contributed by atoms with Crippen LogP contribution in [0.5, 0.6) is 0 Å². The second-order valence-electron chi connectivity index (χ2n) is 9.70. The Bertz CT molecular complexity index is 487.